The summed E-state index contributed by atoms with van der Waals surface area (Å²) < 4.78 is 17.9. The number of halogens is 1. The molecule has 0 unspecified atom stereocenters. The summed E-state index contributed by atoms with van der Waals surface area (Å²) in [5.41, 5.74) is 1.95. The Morgan fingerprint density at radius 2 is 1.84 bits per heavy atom. The summed E-state index contributed by atoms with van der Waals surface area (Å²) in [6.07, 6.45) is 0. The van der Waals surface area contributed by atoms with Gasteiger partial charge in [-0.15, -0.1) is 0 Å². The molecule has 1 amide bonds. The lowest BCUT2D eigenvalue weighted by Crippen LogP contribution is -2.13. The van der Waals surface area contributed by atoms with Gasteiger partial charge in [0.25, 0.3) is 5.91 Å². The van der Waals surface area contributed by atoms with Crippen LogP contribution in [0.3, 0.4) is 0 Å². The van der Waals surface area contributed by atoms with Gasteiger partial charge < -0.3 is 10.1 Å². The van der Waals surface area contributed by atoms with Crippen LogP contribution in [0.25, 0.3) is 0 Å². The molecule has 0 aliphatic rings. The van der Waals surface area contributed by atoms with Crippen LogP contribution < -0.4 is 10.1 Å². The van der Waals surface area contributed by atoms with Crippen molar-refractivity contribution in [3.8, 4) is 5.75 Å². The number of nitrogens with one attached hydrogen (secondary N) is 1. The molecule has 3 nitrogen and oxygen atoms in total. The second-order valence-electron chi connectivity index (χ2n) is 4.16. The van der Waals surface area contributed by atoms with Crippen LogP contribution in [0.4, 0.5) is 10.1 Å². The van der Waals surface area contributed by atoms with Gasteiger partial charge in [-0.2, -0.15) is 0 Å². The van der Waals surface area contributed by atoms with Gasteiger partial charge in [0, 0.05) is 5.69 Å². The number of hydrogen-bond acceptors (Lipinski definition) is 2. The molecule has 19 heavy (non-hydrogen) atoms. The quantitative estimate of drug-likeness (QED) is 0.917. The summed E-state index contributed by atoms with van der Waals surface area (Å²) in [5.74, 6) is -0.122. The van der Waals surface area contributed by atoms with Crippen molar-refractivity contribution in [2.75, 3.05) is 12.4 Å². The van der Waals surface area contributed by atoms with Gasteiger partial charge in [-0.25, -0.2) is 4.39 Å². The van der Waals surface area contributed by atoms with Gasteiger partial charge in [-0.1, -0.05) is 11.6 Å². The Morgan fingerprint density at radius 3 is 2.47 bits per heavy atom. The summed E-state index contributed by atoms with van der Waals surface area (Å²) in [4.78, 5) is 12.1. The third-order valence-corrected chi connectivity index (χ3v) is 2.70. The van der Waals surface area contributed by atoms with E-state index in [0.29, 0.717) is 17.0 Å². The monoisotopic (exact) mass is 259 g/mol. The van der Waals surface area contributed by atoms with Crippen LogP contribution in [-0.4, -0.2) is 13.0 Å². The molecule has 0 aliphatic carbocycles. The molecule has 0 aromatic heterocycles. The highest BCUT2D eigenvalue weighted by Gasteiger charge is 2.12. The molecule has 0 radical (unpaired) electrons. The lowest BCUT2D eigenvalue weighted by molar-refractivity contribution is 0.102. The standard InChI is InChI=1S/C15H14FNO2/c1-10-3-8-14(19-2)13(9-10)15(18)17-12-6-4-11(16)5-7-12/h3-9H,1-2H3,(H,17,18). The maximum absolute atomic E-state index is 12.8. The number of aryl methyl sites for hydroxylation is 1. The number of rotatable bonds is 3. The number of methoxy groups -OCH3 is 1. The molecule has 0 bridgehead atoms. The van der Waals surface area contributed by atoms with Crippen molar-refractivity contribution in [3.05, 3.63) is 59.4 Å². The largest absolute Gasteiger partial charge is 0.496 e. The molecule has 0 atom stereocenters. The Kier molecular flexibility index (Phi) is 3.80. The van der Waals surface area contributed by atoms with Gasteiger partial charge in [0.1, 0.15) is 11.6 Å². The summed E-state index contributed by atoms with van der Waals surface area (Å²) in [5, 5.41) is 2.70. The SMILES string of the molecule is COc1ccc(C)cc1C(=O)Nc1ccc(F)cc1. The number of hydrogen-bond donors (Lipinski definition) is 1. The van der Waals surface area contributed by atoms with Gasteiger partial charge in [-0.3, -0.25) is 4.79 Å². The second-order valence-corrected chi connectivity index (χ2v) is 4.16. The van der Waals surface area contributed by atoms with Crippen molar-refractivity contribution in [2.24, 2.45) is 0 Å². The average Bonchev–Trinajstić information content (AvgIpc) is 2.41. The van der Waals surface area contributed by atoms with Crippen molar-refractivity contribution >= 4 is 11.6 Å². The maximum atomic E-state index is 12.8. The zero-order valence-electron chi connectivity index (χ0n) is 10.7. The van der Waals surface area contributed by atoms with Crippen LogP contribution in [0.15, 0.2) is 42.5 Å². The van der Waals surface area contributed by atoms with Crippen LogP contribution in [0.5, 0.6) is 5.75 Å². The predicted octanol–water partition coefficient (Wildman–Crippen LogP) is 3.40. The first-order valence-corrected chi connectivity index (χ1v) is 5.81. The number of carbonyl (C=O) groups excluding carboxylic acids is 1. The topological polar surface area (TPSA) is 38.3 Å². The van der Waals surface area contributed by atoms with Crippen molar-refractivity contribution < 1.29 is 13.9 Å². The van der Waals surface area contributed by atoms with Gasteiger partial charge in [0.15, 0.2) is 0 Å². The van der Waals surface area contributed by atoms with Crippen molar-refractivity contribution in [1.29, 1.82) is 0 Å². The molecule has 0 fully saturated rings. The fourth-order valence-electron chi connectivity index (χ4n) is 1.73. The first-order chi connectivity index (χ1) is 9.10. The van der Waals surface area contributed by atoms with Crippen LogP contribution in [0.2, 0.25) is 0 Å². The molecule has 0 saturated carbocycles. The second kappa shape index (κ2) is 5.52. The highest BCUT2D eigenvalue weighted by molar-refractivity contribution is 6.06. The van der Waals surface area contributed by atoms with E-state index < -0.39 is 0 Å². The van der Waals surface area contributed by atoms with E-state index in [1.165, 1.54) is 31.4 Å². The van der Waals surface area contributed by atoms with E-state index >= 15 is 0 Å². The lowest BCUT2D eigenvalue weighted by Gasteiger charge is -2.10. The smallest absolute Gasteiger partial charge is 0.259 e. The van der Waals surface area contributed by atoms with E-state index in [0.717, 1.165) is 5.56 Å². The van der Waals surface area contributed by atoms with Gasteiger partial charge in [0.05, 0.1) is 12.7 Å². The Balaban J connectivity index is 2.24. The van der Waals surface area contributed by atoms with Gasteiger partial charge >= 0.3 is 0 Å². The zero-order valence-corrected chi connectivity index (χ0v) is 10.7. The fourth-order valence-corrected chi connectivity index (χ4v) is 1.73. The maximum Gasteiger partial charge on any atom is 0.259 e. The number of benzene rings is 2. The van der Waals surface area contributed by atoms with E-state index in [1.807, 2.05) is 13.0 Å². The molecular weight excluding hydrogens is 245 g/mol. The van der Waals surface area contributed by atoms with E-state index in [-0.39, 0.29) is 11.7 Å². The molecule has 1 N–H and O–H groups in total. The number of ether oxygens (including phenoxy) is 1. The minimum atomic E-state index is -0.342. The van der Waals surface area contributed by atoms with Crippen LogP contribution in [-0.2, 0) is 0 Å². The lowest BCUT2D eigenvalue weighted by atomic mass is 10.1. The molecule has 0 aliphatic heterocycles. The van der Waals surface area contributed by atoms with Crippen molar-refractivity contribution in [2.45, 2.75) is 6.92 Å². The molecule has 2 aromatic rings. The highest BCUT2D eigenvalue weighted by Crippen LogP contribution is 2.21. The van der Waals surface area contributed by atoms with E-state index in [2.05, 4.69) is 5.32 Å². The Bertz CT molecular complexity index is 594. The minimum absolute atomic E-state index is 0.285. The Labute approximate surface area is 111 Å². The molecule has 2 aromatic carbocycles. The first-order valence-electron chi connectivity index (χ1n) is 5.81. The number of carbonyl (C=O) groups is 1. The molecule has 0 spiro atoms. The average molecular weight is 259 g/mol. The highest BCUT2D eigenvalue weighted by atomic mass is 19.1. The van der Waals surface area contributed by atoms with Crippen LogP contribution in [0.1, 0.15) is 15.9 Å². The summed E-state index contributed by atoms with van der Waals surface area (Å²) >= 11 is 0. The Hall–Kier alpha value is -2.36. The molecule has 4 heteroatoms. The number of amides is 1. The van der Waals surface area contributed by atoms with E-state index in [9.17, 15) is 9.18 Å². The van der Waals surface area contributed by atoms with Gasteiger partial charge in [0.2, 0.25) is 0 Å². The van der Waals surface area contributed by atoms with Crippen molar-refractivity contribution in [1.82, 2.24) is 0 Å². The molecule has 2 rings (SSSR count). The zero-order chi connectivity index (χ0) is 13.8. The van der Waals surface area contributed by atoms with E-state index in [4.69, 9.17) is 4.74 Å². The number of anilines is 1. The van der Waals surface area contributed by atoms with Gasteiger partial charge in [-0.05, 0) is 43.3 Å². The van der Waals surface area contributed by atoms with Crippen LogP contribution in [0, 0.1) is 12.7 Å². The van der Waals surface area contributed by atoms with Crippen molar-refractivity contribution in [3.63, 3.8) is 0 Å². The Morgan fingerprint density at radius 1 is 1.16 bits per heavy atom. The summed E-state index contributed by atoms with van der Waals surface area (Å²) in [6.45, 7) is 1.90. The normalized spacial score (nSPS) is 10.1. The molecule has 0 saturated heterocycles. The van der Waals surface area contributed by atoms with Crippen LogP contribution >= 0.6 is 0 Å². The summed E-state index contributed by atoms with van der Waals surface area (Å²) in [7, 11) is 1.51. The van der Waals surface area contributed by atoms with E-state index in [1.54, 1.807) is 12.1 Å². The molecule has 98 valence electrons. The fraction of sp³-hybridized carbons (Fsp3) is 0.133. The third kappa shape index (κ3) is 3.10. The third-order valence-electron chi connectivity index (χ3n) is 2.70. The minimum Gasteiger partial charge on any atom is -0.496 e. The molecular formula is C15H14FNO2. The predicted molar refractivity (Wildman–Crippen MR) is 72.1 cm³/mol. The first kappa shape index (κ1) is 13.1. The summed E-state index contributed by atoms with van der Waals surface area (Å²) in [6, 6.07) is 11.0. The molecule has 0 heterocycles.